The van der Waals surface area contributed by atoms with Crippen molar-refractivity contribution in [2.24, 2.45) is 11.7 Å². The molecule has 0 aliphatic carbocycles. The van der Waals surface area contributed by atoms with E-state index in [0.717, 1.165) is 68.9 Å². The van der Waals surface area contributed by atoms with E-state index in [0.29, 0.717) is 46.8 Å². The molecule has 2 N–H and O–H groups in total. The van der Waals surface area contributed by atoms with Crippen LogP contribution in [-0.4, -0.2) is 45.1 Å². The first-order valence-corrected chi connectivity index (χ1v) is 12.5. The highest BCUT2D eigenvalue weighted by molar-refractivity contribution is 6.33. The maximum absolute atomic E-state index is 11.3. The van der Waals surface area contributed by atoms with E-state index in [1.165, 1.54) is 0 Å². The predicted molar refractivity (Wildman–Crippen MR) is 130 cm³/mol. The number of fused-ring (bicyclic) bond motifs is 1. The maximum atomic E-state index is 11.3. The normalized spacial score (nSPS) is 21.3. The van der Waals surface area contributed by atoms with E-state index in [1.807, 2.05) is 19.9 Å². The highest BCUT2D eigenvalue weighted by atomic mass is 35.5. The average Bonchev–Trinajstić information content (AvgIpc) is 3.39. The lowest BCUT2D eigenvalue weighted by Gasteiger charge is -2.35. The van der Waals surface area contributed by atoms with Crippen LogP contribution in [0.25, 0.3) is 22.7 Å². The Balaban J connectivity index is 1.58. The standard InChI is InChI=1S/C24H31ClN6O3/c1-14-12-17(34-15(14)2)22-28-21(25)20-23(29-22)31(19-7-3-4-11-33-19)24(27-20)30-10-5-6-16(13-30)8-9-18(26)32/h12,16,19H,3-11,13H2,1-2H3,(H2,26,32). The fourth-order valence-corrected chi connectivity index (χ4v) is 5.17. The lowest BCUT2D eigenvalue weighted by atomic mass is 9.93. The van der Waals surface area contributed by atoms with Crippen molar-refractivity contribution in [3.8, 4) is 11.6 Å². The van der Waals surface area contributed by atoms with Gasteiger partial charge in [0.2, 0.25) is 11.9 Å². The number of nitrogens with two attached hydrogens (primary N) is 1. The molecule has 2 saturated heterocycles. The monoisotopic (exact) mass is 486 g/mol. The first-order valence-electron chi connectivity index (χ1n) is 12.1. The summed E-state index contributed by atoms with van der Waals surface area (Å²) in [6.07, 6.45) is 6.12. The number of rotatable bonds is 6. The largest absolute Gasteiger partial charge is 0.458 e. The second-order valence-corrected chi connectivity index (χ2v) is 9.78. The number of ether oxygens (including phenoxy) is 1. The van der Waals surface area contributed by atoms with E-state index < -0.39 is 0 Å². The van der Waals surface area contributed by atoms with Gasteiger partial charge in [0, 0.05) is 26.1 Å². The number of carbonyl (C=O) groups excluding carboxylic acids is 1. The van der Waals surface area contributed by atoms with Crippen molar-refractivity contribution >= 4 is 34.6 Å². The Hall–Kier alpha value is -2.65. The van der Waals surface area contributed by atoms with Crippen LogP contribution in [0, 0.1) is 19.8 Å². The molecule has 0 bridgehead atoms. The summed E-state index contributed by atoms with van der Waals surface area (Å²) in [4.78, 5) is 27.9. The third-order valence-corrected chi connectivity index (χ3v) is 7.17. The Labute approximate surface area is 203 Å². The van der Waals surface area contributed by atoms with Gasteiger partial charge in [0.15, 0.2) is 22.4 Å². The molecule has 5 heterocycles. The van der Waals surface area contributed by atoms with Gasteiger partial charge < -0.3 is 19.8 Å². The molecule has 1 amide bonds. The van der Waals surface area contributed by atoms with E-state index in [-0.39, 0.29) is 12.1 Å². The zero-order valence-electron chi connectivity index (χ0n) is 19.7. The molecule has 182 valence electrons. The van der Waals surface area contributed by atoms with Crippen LogP contribution < -0.4 is 10.6 Å². The van der Waals surface area contributed by atoms with Gasteiger partial charge in [-0.2, -0.15) is 0 Å². The molecule has 2 aliphatic heterocycles. The van der Waals surface area contributed by atoms with Crippen LogP contribution in [0.2, 0.25) is 5.15 Å². The zero-order chi connectivity index (χ0) is 23.8. The van der Waals surface area contributed by atoms with E-state index >= 15 is 0 Å². The minimum atomic E-state index is -0.252. The number of primary amides is 1. The molecule has 5 rings (SSSR count). The number of imidazole rings is 1. The van der Waals surface area contributed by atoms with Crippen molar-refractivity contribution in [2.75, 3.05) is 24.6 Å². The van der Waals surface area contributed by atoms with Gasteiger partial charge in [-0.1, -0.05) is 11.6 Å². The Bertz CT molecular complexity index is 1180. The van der Waals surface area contributed by atoms with Gasteiger partial charge in [0.25, 0.3) is 0 Å². The van der Waals surface area contributed by atoms with Crippen LogP contribution in [0.1, 0.15) is 62.5 Å². The van der Waals surface area contributed by atoms with Crippen LogP contribution in [0.4, 0.5) is 5.95 Å². The summed E-state index contributed by atoms with van der Waals surface area (Å²) >= 11 is 6.66. The summed E-state index contributed by atoms with van der Waals surface area (Å²) in [7, 11) is 0. The third-order valence-electron chi connectivity index (χ3n) is 6.91. The number of aryl methyl sites for hydroxylation is 2. The molecular formula is C24H31ClN6O3. The second-order valence-electron chi connectivity index (χ2n) is 9.42. The summed E-state index contributed by atoms with van der Waals surface area (Å²) in [5.74, 6) is 2.78. The van der Waals surface area contributed by atoms with Gasteiger partial charge in [-0.25, -0.2) is 15.0 Å². The van der Waals surface area contributed by atoms with Crippen molar-refractivity contribution in [1.29, 1.82) is 0 Å². The third kappa shape index (κ3) is 4.51. The smallest absolute Gasteiger partial charge is 0.217 e. The topological polar surface area (TPSA) is 112 Å². The predicted octanol–water partition coefficient (Wildman–Crippen LogP) is 4.54. The van der Waals surface area contributed by atoms with Crippen LogP contribution in [0.15, 0.2) is 10.5 Å². The molecule has 34 heavy (non-hydrogen) atoms. The fraction of sp³-hybridized carbons (Fsp3) is 0.583. The lowest BCUT2D eigenvalue weighted by molar-refractivity contribution is -0.118. The summed E-state index contributed by atoms with van der Waals surface area (Å²) in [6.45, 7) is 6.29. The van der Waals surface area contributed by atoms with Gasteiger partial charge in [0.1, 0.15) is 17.5 Å². The number of anilines is 1. The number of piperidine rings is 1. The number of aromatic nitrogens is 4. The Kier molecular flexibility index (Phi) is 6.48. The number of nitrogens with zero attached hydrogens (tertiary/aromatic N) is 5. The van der Waals surface area contributed by atoms with Crippen molar-refractivity contribution in [2.45, 2.75) is 65.0 Å². The van der Waals surface area contributed by atoms with Crippen LogP contribution in [0.3, 0.4) is 0 Å². The molecule has 3 aromatic rings. The number of halogens is 1. The lowest BCUT2D eigenvalue weighted by Crippen LogP contribution is -2.38. The summed E-state index contributed by atoms with van der Waals surface area (Å²) < 4.78 is 14.2. The first kappa shape index (κ1) is 23.1. The molecule has 10 heteroatoms. The van der Waals surface area contributed by atoms with Gasteiger partial charge in [-0.15, -0.1) is 0 Å². The molecule has 2 aliphatic rings. The average molecular weight is 487 g/mol. The number of amides is 1. The van der Waals surface area contributed by atoms with Crippen LogP contribution >= 0.6 is 11.6 Å². The van der Waals surface area contributed by atoms with Crippen molar-refractivity contribution in [3.05, 3.63) is 22.5 Å². The molecule has 2 unspecified atom stereocenters. The molecule has 0 saturated carbocycles. The van der Waals surface area contributed by atoms with E-state index in [9.17, 15) is 4.79 Å². The number of hydrogen-bond acceptors (Lipinski definition) is 7. The Morgan fingerprint density at radius 1 is 1.21 bits per heavy atom. The summed E-state index contributed by atoms with van der Waals surface area (Å²) in [6, 6.07) is 1.93. The fourth-order valence-electron chi connectivity index (χ4n) is 4.97. The molecule has 2 atom stereocenters. The minimum absolute atomic E-state index is 0.168. The Morgan fingerprint density at radius 3 is 2.76 bits per heavy atom. The summed E-state index contributed by atoms with van der Waals surface area (Å²) in [5.41, 5.74) is 7.65. The minimum Gasteiger partial charge on any atom is -0.458 e. The number of hydrogen-bond donors (Lipinski definition) is 1. The molecule has 2 fully saturated rings. The molecule has 0 spiro atoms. The maximum Gasteiger partial charge on any atom is 0.217 e. The van der Waals surface area contributed by atoms with E-state index in [4.69, 9.17) is 36.5 Å². The molecule has 3 aromatic heterocycles. The first-order chi connectivity index (χ1) is 16.4. The van der Waals surface area contributed by atoms with Crippen molar-refractivity contribution < 1.29 is 13.9 Å². The van der Waals surface area contributed by atoms with Crippen LogP contribution in [0.5, 0.6) is 0 Å². The molecular weight excluding hydrogens is 456 g/mol. The Morgan fingerprint density at radius 2 is 2.06 bits per heavy atom. The second kappa shape index (κ2) is 9.54. The highest BCUT2D eigenvalue weighted by Gasteiger charge is 2.31. The van der Waals surface area contributed by atoms with E-state index in [2.05, 4.69) is 14.5 Å². The van der Waals surface area contributed by atoms with Gasteiger partial charge in [-0.3, -0.25) is 9.36 Å². The molecule has 0 aromatic carbocycles. The van der Waals surface area contributed by atoms with Crippen LogP contribution in [-0.2, 0) is 9.53 Å². The van der Waals surface area contributed by atoms with Crippen molar-refractivity contribution in [3.63, 3.8) is 0 Å². The molecule has 9 nitrogen and oxygen atoms in total. The summed E-state index contributed by atoms with van der Waals surface area (Å²) in [5, 5.41) is 0.296. The SMILES string of the molecule is Cc1cc(-c2nc(Cl)c3nc(N4CCCC(CCC(N)=O)C4)n(C4CCCCO4)c3n2)oc1C. The number of carbonyl (C=O) groups is 1. The zero-order valence-corrected chi connectivity index (χ0v) is 20.5. The number of furan rings is 1. The van der Waals surface area contributed by atoms with Gasteiger partial charge in [0.05, 0.1) is 0 Å². The van der Waals surface area contributed by atoms with Gasteiger partial charge >= 0.3 is 0 Å². The van der Waals surface area contributed by atoms with Gasteiger partial charge in [-0.05, 0) is 69.9 Å². The highest BCUT2D eigenvalue weighted by Crippen LogP contribution is 2.37. The molecule has 0 radical (unpaired) electrons. The quantitative estimate of drug-likeness (QED) is 0.509. The van der Waals surface area contributed by atoms with Crippen molar-refractivity contribution in [1.82, 2.24) is 19.5 Å². The van der Waals surface area contributed by atoms with E-state index in [1.54, 1.807) is 0 Å².